The van der Waals surface area contributed by atoms with E-state index in [-0.39, 0.29) is 11.3 Å². The van der Waals surface area contributed by atoms with Crippen molar-refractivity contribution >= 4 is 11.5 Å². The summed E-state index contributed by atoms with van der Waals surface area (Å²) < 4.78 is 5.44. The number of hydrogen-bond donors (Lipinski definition) is 1. The summed E-state index contributed by atoms with van der Waals surface area (Å²) >= 11 is 0. The highest BCUT2D eigenvalue weighted by molar-refractivity contribution is 5.76. The van der Waals surface area contributed by atoms with Gasteiger partial charge in [-0.25, -0.2) is 0 Å². The lowest BCUT2D eigenvalue weighted by molar-refractivity contribution is -0.121. The van der Waals surface area contributed by atoms with Gasteiger partial charge in [0.05, 0.1) is 13.3 Å². The second kappa shape index (κ2) is 6.85. The number of fused-ring (bicyclic) bond motifs is 5. The van der Waals surface area contributed by atoms with Crippen LogP contribution in [0.25, 0.3) is 5.57 Å². The zero-order valence-electron chi connectivity index (χ0n) is 18.0. The van der Waals surface area contributed by atoms with Gasteiger partial charge in [0.15, 0.2) is 0 Å². The van der Waals surface area contributed by atoms with Crippen molar-refractivity contribution < 1.29 is 9.53 Å². The SMILES string of the molecule is COc1cncc(C2=CC[C@H]3[C@@H]4CC[C@H]5CNC(=O)CC[C@]5(C)[C@H]4CC[C@]23C)c1. The summed E-state index contributed by atoms with van der Waals surface area (Å²) in [4.78, 5) is 16.5. The summed E-state index contributed by atoms with van der Waals surface area (Å²) in [5, 5.41) is 3.19. The number of carbonyl (C=O) groups excluding carboxylic acids is 1. The van der Waals surface area contributed by atoms with E-state index in [9.17, 15) is 4.79 Å². The summed E-state index contributed by atoms with van der Waals surface area (Å²) in [6.07, 6.45) is 14.4. The average molecular weight is 395 g/mol. The van der Waals surface area contributed by atoms with Crippen LogP contribution < -0.4 is 10.1 Å². The minimum Gasteiger partial charge on any atom is -0.495 e. The van der Waals surface area contributed by atoms with Crippen molar-refractivity contribution in [2.45, 2.75) is 58.8 Å². The van der Waals surface area contributed by atoms with E-state index in [0.717, 1.165) is 30.6 Å². The van der Waals surface area contributed by atoms with Crippen LogP contribution in [-0.4, -0.2) is 24.5 Å². The molecule has 1 amide bonds. The fourth-order valence-electron chi connectivity index (χ4n) is 7.66. The third-order valence-corrected chi connectivity index (χ3v) is 9.34. The lowest BCUT2D eigenvalue weighted by atomic mass is 9.46. The maximum Gasteiger partial charge on any atom is 0.220 e. The third-order valence-electron chi connectivity index (χ3n) is 9.34. The molecule has 1 saturated heterocycles. The first kappa shape index (κ1) is 19.1. The monoisotopic (exact) mass is 394 g/mol. The summed E-state index contributed by atoms with van der Waals surface area (Å²) in [5.74, 6) is 3.99. The van der Waals surface area contributed by atoms with Crippen LogP contribution in [0.4, 0.5) is 0 Å². The van der Waals surface area contributed by atoms with Crippen molar-refractivity contribution in [2.24, 2.45) is 34.5 Å². The van der Waals surface area contributed by atoms with E-state index in [1.54, 1.807) is 13.3 Å². The maximum absolute atomic E-state index is 12.1. The molecule has 6 atom stereocenters. The molecule has 0 radical (unpaired) electrons. The number of allylic oxidation sites excluding steroid dienone is 2. The van der Waals surface area contributed by atoms with Gasteiger partial charge in [0.25, 0.3) is 0 Å². The van der Waals surface area contributed by atoms with Gasteiger partial charge in [-0.1, -0.05) is 19.9 Å². The van der Waals surface area contributed by atoms with Crippen LogP contribution in [0, 0.1) is 34.5 Å². The van der Waals surface area contributed by atoms with Gasteiger partial charge in [-0.05, 0) is 90.2 Å². The van der Waals surface area contributed by atoms with Crippen LogP contribution >= 0.6 is 0 Å². The Labute approximate surface area is 174 Å². The van der Waals surface area contributed by atoms with Gasteiger partial charge in [-0.15, -0.1) is 0 Å². The largest absolute Gasteiger partial charge is 0.495 e. The Kier molecular flexibility index (Phi) is 4.52. The van der Waals surface area contributed by atoms with Crippen molar-refractivity contribution in [1.82, 2.24) is 10.3 Å². The van der Waals surface area contributed by atoms with Gasteiger partial charge in [0, 0.05) is 19.2 Å². The average Bonchev–Trinajstić information content (AvgIpc) is 3.01. The van der Waals surface area contributed by atoms with E-state index in [1.807, 2.05) is 6.20 Å². The van der Waals surface area contributed by atoms with Crippen molar-refractivity contribution in [1.29, 1.82) is 0 Å². The van der Waals surface area contributed by atoms with Crippen LogP contribution in [0.3, 0.4) is 0 Å². The normalized spacial score (nSPS) is 41.3. The Morgan fingerprint density at radius 2 is 2.00 bits per heavy atom. The Hall–Kier alpha value is -1.84. The Morgan fingerprint density at radius 3 is 2.83 bits per heavy atom. The predicted octanol–water partition coefficient (Wildman–Crippen LogP) is 4.85. The van der Waals surface area contributed by atoms with E-state index in [2.05, 4.69) is 36.3 Å². The van der Waals surface area contributed by atoms with E-state index in [4.69, 9.17) is 4.74 Å². The molecule has 3 fully saturated rings. The van der Waals surface area contributed by atoms with Crippen molar-refractivity contribution in [2.75, 3.05) is 13.7 Å². The number of rotatable bonds is 2. The lowest BCUT2D eigenvalue weighted by Crippen LogP contribution is -2.52. The first-order valence-corrected chi connectivity index (χ1v) is 11.4. The molecular weight excluding hydrogens is 360 g/mol. The molecule has 1 aromatic rings. The molecule has 2 heterocycles. The van der Waals surface area contributed by atoms with Gasteiger partial charge in [-0.2, -0.15) is 0 Å². The first-order chi connectivity index (χ1) is 14.0. The predicted molar refractivity (Wildman–Crippen MR) is 114 cm³/mol. The number of methoxy groups -OCH3 is 1. The lowest BCUT2D eigenvalue weighted by Gasteiger charge is -2.58. The third kappa shape index (κ3) is 2.85. The molecule has 4 nitrogen and oxygen atoms in total. The second-order valence-electron chi connectivity index (χ2n) is 10.4. The standard InChI is InChI=1S/C25H34N2O2/c1-24-11-9-23(28)27-14-17(24)4-5-19-21-7-6-20(25(21,2)10-8-22(19)24)16-12-18(29-3)15-26-13-16/h6,12-13,15,17,19,21-22H,4-5,7-11,14H2,1-3H3,(H,27,28)/t17-,19-,21-,22-,24-,25+/m0/s1. The number of aromatic nitrogens is 1. The summed E-state index contributed by atoms with van der Waals surface area (Å²) in [7, 11) is 1.71. The van der Waals surface area contributed by atoms with Gasteiger partial charge >= 0.3 is 0 Å². The molecule has 156 valence electrons. The minimum absolute atomic E-state index is 0.233. The number of hydrogen-bond acceptors (Lipinski definition) is 3. The Morgan fingerprint density at radius 1 is 1.14 bits per heavy atom. The quantitative estimate of drug-likeness (QED) is 0.780. The zero-order valence-corrected chi connectivity index (χ0v) is 18.0. The summed E-state index contributed by atoms with van der Waals surface area (Å²) in [6, 6.07) is 2.15. The van der Waals surface area contributed by atoms with Crippen LogP contribution in [0.2, 0.25) is 0 Å². The maximum atomic E-state index is 12.1. The van der Waals surface area contributed by atoms with Crippen LogP contribution in [-0.2, 0) is 4.79 Å². The second-order valence-corrected chi connectivity index (χ2v) is 10.4. The molecule has 3 aliphatic carbocycles. The molecule has 0 unspecified atom stereocenters. The van der Waals surface area contributed by atoms with Gasteiger partial charge in [0.1, 0.15) is 5.75 Å². The number of nitrogens with zero attached hydrogens (tertiary/aromatic N) is 1. The molecule has 0 bridgehead atoms. The smallest absolute Gasteiger partial charge is 0.220 e. The van der Waals surface area contributed by atoms with Gasteiger partial charge in [0.2, 0.25) is 5.91 Å². The fraction of sp³-hybridized carbons (Fsp3) is 0.680. The number of nitrogens with one attached hydrogen (secondary N) is 1. The topological polar surface area (TPSA) is 51.2 Å². The van der Waals surface area contributed by atoms with E-state index >= 15 is 0 Å². The molecule has 1 N–H and O–H groups in total. The van der Waals surface area contributed by atoms with Crippen molar-refractivity contribution in [3.8, 4) is 5.75 Å². The molecule has 2 saturated carbocycles. The van der Waals surface area contributed by atoms with Gasteiger partial charge < -0.3 is 10.1 Å². The molecule has 1 aliphatic heterocycles. The van der Waals surface area contributed by atoms with Crippen LogP contribution in [0.1, 0.15) is 64.4 Å². The van der Waals surface area contributed by atoms with E-state index in [0.29, 0.717) is 23.7 Å². The van der Waals surface area contributed by atoms with Crippen LogP contribution in [0.5, 0.6) is 5.75 Å². The molecule has 5 rings (SSSR count). The summed E-state index contributed by atoms with van der Waals surface area (Å²) in [6.45, 7) is 5.89. The molecule has 1 aromatic heterocycles. The molecule has 0 aromatic carbocycles. The number of carbonyl (C=O) groups is 1. The highest BCUT2D eigenvalue weighted by atomic mass is 16.5. The summed E-state index contributed by atoms with van der Waals surface area (Å²) in [5.41, 5.74) is 3.26. The zero-order chi connectivity index (χ0) is 20.2. The highest BCUT2D eigenvalue weighted by Crippen LogP contribution is 2.66. The van der Waals surface area contributed by atoms with Crippen molar-refractivity contribution in [3.05, 3.63) is 30.1 Å². The van der Waals surface area contributed by atoms with Crippen LogP contribution in [0.15, 0.2) is 24.5 Å². The van der Waals surface area contributed by atoms with E-state index < -0.39 is 0 Å². The van der Waals surface area contributed by atoms with Gasteiger partial charge in [-0.3, -0.25) is 9.78 Å². The molecule has 4 aliphatic rings. The number of ether oxygens (including phenoxy) is 1. The first-order valence-electron chi connectivity index (χ1n) is 11.4. The fourth-order valence-corrected chi connectivity index (χ4v) is 7.66. The van der Waals surface area contributed by atoms with E-state index in [1.165, 1.54) is 43.2 Å². The molecule has 29 heavy (non-hydrogen) atoms. The number of pyridine rings is 1. The molecule has 0 spiro atoms. The molecule has 4 heteroatoms. The van der Waals surface area contributed by atoms with Crippen molar-refractivity contribution in [3.63, 3.8) is 0 Å². The highest BCUT2D eigenvalue weighted by Gasteiger charge is 2.58. The number of amides is 1. The Bertz CT molecular complexity index is 849. The Balaban J connectivity index is 1.44. The molecular formula is C25H34N2O2. The minimum atomic E-state index is 0.233.